The first-order valence-corrected chi connectivity index (χ1v) is 11.2. The van der Waals surface area contributed by atoms with Crippen molar-refractivity contribution in [3.8, 4) is 5.69 Å². The van der Waals surface area contributed by atoms with Crippen molar-refractivity contribution in [2.45, 2.75) is 61.7 Å². The van der Waals surface area contributed by atoms with Gasteiger partial charge in [-0.1, -0.05) is 18.5 Å². The standard InChI is InChI=1S/C20H20Cl3F3N4O/c1-2-15-16(18-28-29-19(31-18)20(24,25)26)27-17(13-8-5-11(22)9-14(13)23)30(15)12-6-3-10(21)4-7-12/h3-4,6-7,11,13-14,18,28H,2,5,8-9H2,1H3/t11?,13?,14?,18-/m0/s1. The third-order valence-electron chi connectivity index (χ3n) is 5.49. The number of rotatable bonds is 4. The molecule has 4 rings (SSSR count). The van der Waals surface area contributed by atoms with Gasteiger partial charge in [-0.15, -0.1) is 28.3 Å². The molecule has 1 aromatic heterocycles. The number of hydrazone groups is 1. The van der Waals surface area contributed by atoms with Gasteiger partial charge in [0.2, 0.25) is 6.23 Å². The van der Waals surface area contributed by atoms with Crippen LogP contribution in [0.1, 0.15) is 55.5 Å². The molecule has 0 radical (unpaired) electrons. The topological polar surface area (TPSA) is 51.4 Å². The van der Waals surface area contributed by atoms with Crippen molar-refractivity contribution in [1.29, 1.82) is 0 Å². The summed E-state index contributed by atoms with van der Waals surface area (Å²) in [7, 11) is 0. The Morgan fingerprint density at radius 2 is 1.90 bits per heavy atom. The molecule has 5 nitrogen and oxygen atoms in total. The summed E-state index contributed by atoms with van der Waals surface area (Å²) in [5.41, 5.74) is 4.28. The van der Waals surface area contributed by atoms with Gasteiger partial charge in [-0.2, -0.15) is 13.2 Å². The summed E-state index contributed by atoms with van der Waals surface area (Å²) in [6, 6.07) is 7.19. The Kier molecular flexibility index (Phi) is 6.34. The molecule has 0 saturated heterocycles. The third-order valence-corrected chi connectivity index (χ3v) is 6.62. The lowest BCUT2D eigenvalue weighted by molar-refractivity contribution is -0.0797. The van der Waals surface area contributed by atoms with Crippen LogP contribution in [0.5, 0.6) is 0 Å². The quantitative estimate of drug-likeness (QED) is 0.524. The zero-order valence-electron chi connectivity index (χ0n) is 16.5. The number of benzene rings is 1. The van der Waals surface area contributed by atoms with E-state index in [-0.39, 0.29) is 16.7 Å². The van der Waals surface area contributed by atoms with E-state index in [1.54, 1.807) is 12.1 Å². The Bertz CT molecular complexity index is 977. The fourth-order valence-electron chi connectivity index (χ4n) is 4.05. The second kappa shape index (κ2) is 8.71. The van der Waals surface area contributed by atoms with E-state index in [0.717, 1.165) is 18.5 Å². The van der Waals surface area contributed by atoms with Crippen molar-refractivity contribution in [1.82, 2.24) is 15.0 Å². The molecule has 1 aliphatic heterocycles. The highest BCUT2D eigenvalue weighted by molar-refractivity contribution is 6.30. The van der Waals surface area contributed by atoms with Crippen molar-refractivity contribution in [2.75, 3.05) is 0 Å². The van der Waals surface area contributed by atoms with Crippen LogP contribution < -0.4 is 5.43 Å². The van der Waals surface area contributed by atoms with E-state index in [9.17, 15) is 13.2 Å². The molecule has 3 unspecified atom stereocenters. The monoisotopic (exact) mass is 494 g/mol. The molecule has 1 N–H and O–H groups in total. The lowest BCUT2D eigenvalue weighted by Crippen LogP contribution is -2.26. The van der Waals surface area contributed by atoms with Crippen LogP contribution in [0.25, 0.3) is 5.69 Å². The largest absolute Gasteiger partial charge is 0.470 e. The first-order chi connectivity index (χ1) is 14.7. The summed E-state index contributed by atoms with van der Waals surface area (Å²) in [6.07, 6.45) is -3.20. The highest BCUT2D eigenvalue weighted by Gasteiger charge is 2.45. The molecule has 2 aliphatic rings. The van der Waals surface area contributed by atoms with E-state index in [0.29, 0.717) is 35.1 Å². The van der Waals surface area contributed by atoms with E-state index in [2.05, 4.69) is 10.5 Å². The number of nitrogens with one attached hydrogen (secondary N) is 1. The van der Waals surface area contributed by atoms with Crippen molar-refractivity contribution in [3.63, 3.8) is 0 Å². The maximum Gasteiger partial charge on any atom is 0.470 e. The minimum atomic E-state index is -4.68. The lowest BCUT2D eigenvalue weighted by Gasteiger charge is -2.30. The van der Waals surface area contributed by atoms with E-state index in [4.69, 9.17) is 44.5 Å². The summed E-state index contributed by atoms with van der Waals surface area (Å²) >= 11 is 19.0. The van der Waals surface area contributed by atoms with Gasteiger partial charge >= 0.3 is 12.1 Å². The second-order valence-electron chi connectivity index (χ2n) is 7.54. The molecule has 168 valence electrons. The van der Waals surface area contributed by atoms with E-state index in [1.165, 1.54) is 0 Å². The predicted molar refractivity (Wildman–Crippen MR) is 114 cm³/mol. The minimum absolute atomic E-state index is 0.00890. The third kappa shape index (κ3) is 4.47. The molecule has 2 aromatic rings. The molecule has 0 spiro atoms. The van der Waals surface area contributed by atoms with Crippen LogP contribution in [0.2, 0.25) is 5.02 Å². The molecule has 31 heavy (non-hydrogen) atoms. The molecule has 1 saturated carbocycles. The maximum absolute atomic E-state index is 13.0. The lowest BCUT2D eigenvalue weighted by atomic mass is 9.87. The predicted octanol–water partition coefficient (Wildman–Crippen LogP) is 6.06. The summed E-state index contributed by atoms with van der Waals surface area (Å²) in [5.74, 6) is -0.764. The zero-order chi connectivity index (χ0) is 22.3. The summed E-state index contributed by atoms with van der Waals surface area (Å²) in [5, 5.41) is 3.63. The maximum atomic E-state index is 13.0. The van der Waals surface area contributed by atoms with Crippen LogP contribution >= 0.6 is 34.8 Å². The highest BCUT2D eigenvalue weighted by atomic mass is 35.5. The van der Waals surface area contributed by atoms with Crippen LogP contribution in [0.15, 0.2) is 29.4 Å². The van der Waals surface area contributed by atoms with E-state index < -0.39 is 18.3 Å². The molecular weight excluding hydrogens is 476 g/mol. The number of hydrogen-bond acceptors (Lipinski definition) is 4. The molecule has 2 heterocycles. The van der Waals surface area contributed by atoms with Crippen LogP contribution in [-0.2, 0) is 11.2 Å². The average molecular weight is 496 g/mol. The number of ether oxygens (including phenoxy) is 1. The number of hydrogen-bond donors (Lipinski definition) is 1. The van der Waals surface area contributed by atoms with Gasteiger partial charge in [0.25, 0.3) is 0 Å². The molecular formula is C20H20Cl3F3N4O. The van der Waals surface area contributed by atoms with Gasteiger partial charge in [-0.3, -0.25) is 9.99 Å². The highest BCUT2D eigenvalue weighted by Crippen LogP contribution is 2.41. The summed E-state index contributed by atoms with van der Waals surface area (Å²) in [6.45, 7) is 1.91. The number of aromatic nitrogens is 2. The fraction of sp³-hybridized carbons (Fsp3) is 0.500. The van der Waals surface area contributed by atoms with Gasteiger partial charge < -0.3 is 4.74 Å². The van der Waals surface area contributed by atoms with Gasteiger partial charge in [0.15, 0.2) is 0 Å². The first kappa shape index (κ1) is 22.6. The van der Waals surface area contributed by atoms with Crippen LogP contribution in [-0.4, -0.2) is 32.4 Å². The van der Waals surface area contributed by atoms with Gasteiger partial charge in [0.1, 0.15) is 11.5 Å². The van der Waals surface area contributed by atoms with Crippen molar-refractivity contribution < 1.29 is 17.9 Å². The van der Waals surface area contributed by atoms with Gasteiger partial charge in [-0.05, 0) is 49.9 Å². The summed E-state index contributed by atoms with van der Waals surface area (Å²) in [4.78, 5) is 4.75. The second-order valence-corrected chi connectivity index (χ2v) is 9.16. The molecule has 1 aliphatic carbocycles. The van der Waals surface area contributed by atoms with Crippen molar-refractivity contribution >= 4 is 40.7 Å². The first-order valence-electron chi connectivity index (χ1n) is 9.91. The normalized spacial score (nSPS) is 26.4. The Morgan fingerprint density at radius 1 is 1.19 bits per heavy atom. The average Bonchev–Trinajstić information content (AvgIpc) is 3.33. The Balaban J connectivity index is 1.79. The Hall–Kier alpha value is -1.64. The smallest absolute Gasteiger partial charge is 0.442 e. The van der Waals surface area contributed by atoms with Crippen LogP contribution in [0.4, 0.5) is 13.2 Å². The molecule has 1 fully saturated rings. The van der Waals surface area contributed by atoms with Crippen molar-refractivity contribution in [3.05, 3.63) is 46.5 Å². The van der Waals surface area contributed by atoms with Gasteiger partial charge in [-0.25, -0.2) is 4.98 Å². The molecule has 11 heteroatoms. The zero-order valence-corrected chi connectivity index (χ0v) is 18.7. The van der Waals surface area contributed by atoms with E-state index >= 15 is 0 Å². The number of nitrogens with zero attached hydrogens (tertiary/aromatic N) is 3. The molecule has 0 amide bonds. The van der Waals surface area contributed by atoms with Gasteiger partial charge in [0, 0.05) is 27.4 Å². The van der Waals surface area contributed by atoms with Crippen molar-refractivity contribution in [2.24, 2.45) is 5.10 Å². The van der Waals surface area contributed by atoms with Crippen LogP contribution in [0, 0.1) is 0 Å². The van der Waals surface area contributed by atoms with Crippen LogP contribution in [0.3, 0.4) is 0 Å². The van der Waals surface area contributed by atoms with Gasteiger partial charge in [0.05, 0.1) is 5.69 Å². The minimum Gasteiger partial charge on any atom is -0.442 e. The van der Waals surface area contributed by atoms with E-state index in [1.807, 2.05) is 23.6 Å². The molecule has 1 aromatic carbocycles. The fourth-order valence-corrected chi connectivity index (χ4v) is 5.04. The molecule has 4 atom stereocenters. The summed E-state index contributed by atoms with van der Waals surface area (Å²) < 4.78 is 46.1. The number of alkyl halides is 5. The molecule has 0 bridgehead atoms. The number of halogens is 6. The Labute approximate surface area is 192 Å². The Morgan fingerprint density at radius 3 is 2.48 bits per heavy atom. The SMILES string of the molecule is CCc1c([C@H]2NN=C(C(F)(F)F)O2)nc(C2CCC(Cl)CC2Cl)n1-c1ccc(Cl)cc1. The number of imidazole rings is 1.